The summed E-state index contributed by atoms with van der Waals surface area (Å²) in [5.74, 6) is -0.143. The van der Waals surface area contributed by atoms with Crippen LogP contribution >= 0.6 is 12.2 Å². The first-order valence-electron chi connectivity index (χ1n) is 7.13. The van der Waals surface area contributed by atoms with E-state index in [0.29, 0.717) is 34.3 Å². The van der Waals surface area contributed by atoms with Crippen LogP contribution in [0.4, 0.5) is 0 Å². The van der Waals surface area contributed by atoms with Gasteiger partial charge in [-0.25, -0.2) is 0 Å². The number of aromatic nitrogens is 2. The first kappa shape index (κ1) is 15.4. The van der Waals surface area contributed by atoms with E-state index < -0.39 is 0 Å². The van der Waals surface area contributed by atoms with Crippen LogP contribution in [0.1, 0.15) is 37.0 Å². The van der Waals surface area contributed by atoms with Gasteiger partial charge in [-0.3, -0.25) is 14.2 Å². The third kappa shape index (κ3) is 3.21. The Balaban J connectivity index is 2.50. The van der Waals surface area contributed by atoms with Gasteiger partial charge in [-0.05, 0) is 43.3 Å². The number of carbonyl (C=O) groups excluding carboxylic acids is 1. The van der Waals surface area contributed by atoms with Crippen molar-refractivity contribution in [2.45, 2.75) is 33.2 Å². The number of benzene rings is 1. The van der Waals surface area contributed by atoms with Crippen molar-refractivity contribution in [1.82, 2.24) is 14.9 Å². The highest BCUT2D eigenvalue weighted by Crippen LogP contribution is 2.11. The van der Waals surface area contributed by atoms with Crippen LogP contribution in [0.3, 0.4) is 0 Å². The molecule has 2 rings (SSSR count). The molecule has 5 nitrogen and oxygen atoms in total. The van der Waals surface area contributed by atoms with Crippen LogP contribution in [0.15, 0.2) is 23.0 Å². The van der Waals surface area contributed by atoms with Gasteiger partial charge < -0.3 is 10.3 Å². The average molecular weight is 305 g/mol. The number of hydrogen-bond donors (Lipinski definition) is 2. The molecule has 21 heavy (non-hydrogen) atoms. The number of nitrogens with zero attached hydrogens (tertiary/aromatic N) is 1. The molecule has 0 atom stereocenters. The van der Waals surface area contributed by atoms with Crippen molar-refractivity contribution in [3.8, 4) is 0 Å². The number of aromatic amines is 1. The Labute approximate surface area is 128 Å². The summed E-state index contributed by atoms with van der Waals surface area (Å²) in [6.45, 7) is 5.20. The van der Waals surface area contributed by atoms with Crippen molar-refractivity contribution in [3.63, 3.8) is 0 Å². The summed E-state index contributed by atoms with van der Waals surface area (Å²) in [5.41, 5.74) is 1.01. The lowest BCUT2D eigenvalue weighted by Crippen LogP contribution is -2.25. The number of fused-ring (bicyclic) bond motifs is 1. The van der Waals surface area contributed by atoms with Gasteiger partial charge in [0.1, 0.15) is 0 Å². The first-order chi connectivity index (χ1) is 10.1. The van der Waals surface area contributed by atoms with Gasteiger partial charge in [0.05, 0.1) is 10.9 Å². The Bertz CT molecular complexity index is 777. The van der Waals surface area contributed by atoms with Crippen molar-refractivity contribution in [2.75, 3.05) is 6.54 Å². The zero-order valence-corrected chi connectivity index (χ0v) is 13.0. The molecule has 0 aliphatic carbocycles. The van der Waals surface area contributed by atoms with E-state index in [0.717, 1.165) is 12.8 Å². The Kier molecular flexibility index (Phi) is 4.90. The lowest BCUT2D eigenvalue weighted by atomic mass is 10.1. The van der Waals surface area contributed by atoms with E-state index in [1.54, 1.807) is 22.8 Å². The smallest absolute Gasteiger partial charge is 0.262 e. The molecule has 1 amide bonds. The van der Waals surface area contributed by atoms with Gasteiger partial charge in [0.15, 0.2) is 4.77 Å². The van der Waals surface area contributed by atoms with E-state index in [2.05, 4.69) is 10.3 Å². The third-order valence-corrected chi connectivity index (χ3v) is 3.55. The van der Waals surface area contributed by atoms with Crippen molar-refractivity contribution < 1.29 is 4.79 Å². The molecule has 112 valence electrons. The second-order valence-corrected chi connectivity index (χ2v) is 5.29. The summed E-state index contributed by atoms with van der Waals surface area (Å²) in [5, 5.41) is 3.36. The number of amides is 1. The van der Waals surface area contributed by atoms with Crippen molar-refractivity contribution in [2.24, 2.45) is 0 Å². The summed E-state index contributed by atoms with van der Waals surface area (Å²) >= 11 is 5.22. The van der Waals surface area contributed by atoms with Crippen LogP contribution in [-0.4, -0.2) is 22.0 Å². The van der Waals surface area contributed by atoms with Gasteiger partial charge in [0.25, 0.3) is 11.5 Å². The van der Waals surface area contributed by atoms with Gasteiger partial charge in [-0.2, -0.15) is 0 Å². The van der Waals surface area contributed by atoms with E-state index in [-0.39, 0.29) is 11.5 Å². The maximum absolute atomic E-state index is 12.4. The molecule has 0 saturated heterocycles. The van der Waals surface area contributed by atoms with Gasteiger partial charge in [-0.15, -0.1) is 0 Å². The molecule has 1 aromatic carbocycles. The highest BCUT2D eigenvalue weighted by atomic mass is 32.1. The minimum absolute atomic E-state index is 0.115. The second-order valence-electron chi connectivity index (χ2n) is 4.90. The Morgan fingerprint density at radius 2 is 2.10 bits per heavy atom. The lowest BCUT2D eigenvalue weighted by molar-refractivity contribution is 0.0954. The molecular formula is C15H19N3O2S. The number of hydrogen-bond acceptors (Lipinski definition) is 3. The van der Waals surface area contributed by atoms with Crippen LogP contribution in [0.5, 0.6) is 0 Å². The summed E-state index contributed by atoms with van der Waals surface area (Å²) < 4.78 is 1.94. The standard InChI is InChI=1S/C15H19N3O2S/c1-3-7-16-13(19)10-5-6-11-12(9-10)17-15(21)18(8-4-2)14(11)20/h5-6,9H,3-4,7-8H2,1-2H3,(H,16,19)(H,17,21). The maximum atomic E-state index is 12.4. The van der Waals surface area contributed by atoms with E-state index in [4.69, 9.17) is 12.2 Å². The van der Waals surface area contributed by atoms with E-state index in [1.165, 1.54) is 0 Å². The Morgan fingerprint density at radius 1 is 1.33 bits per heavy atom. The molecule has 1 heterocycles. The van der Waals surface area contributed by atoms with E-state index >= 15 is 0 Å². The second kappa shape index (κ2) is 6.67. The molecule has 1 aromatic heterocycles. The monoisotopic (exact) mass is 305 g/mol. The fraction of sp³-hybridized carbons (Fsp3) is 0.400. The van der Waals surface area contributed by atoms with Crippen molar-refractivity contribution in [3.05, 3.63) is 38.9 Å². The van der Waals surface area contributed by atoms with E-state index in [1.807, 2.05) is 13.8 Å². The lowest BCUT2D eigenvalue weighted by Gasteiger charge is -2.08. The molecule has 0 aliphatic heterocycles. The summed E-state index contributed by atoms with van der Waals surface area (Å²) in [6.07, 6.45) is 1.71. The molecule has 0 fully saturated rings. The molecule has 2 aromatic rings. The van der Waals surface area contributed by atoms with Gasteiger partial charge in [0, 0.05) is 18.7 Å². The quantitative estimate of drug-likeness (QED) is 0.834. The zero-order valence-electron chi connectivity index (χ0n) is 12.2. The Morgan fingerprint density at radius 3 is 2.76 bits per heavy atom. The van der Waals surface area contributed by atoms with Crippen LogP contribution in [0.25, 0.3) is 10.9 Å². The number of rotatable bonds is 5. The van der Waals surface area contributed by atoms with Crippen LogP contribution in [0.2, 0.25) is 0 Å². The molecule has 2 N–H and O–H groups in total. The fourth-order valence-electron chi connectivity index (χ4n) is 2.16. The van der Waals surface area contributed by atoms with Gasteiger partial charge >= 0.3 is 0 Å². The average Bonchev–Trinajstić information content (AvgIpc) is 2.48. The molecule has 0 spiro atoms. The van der Waals surface area contributed by atoms with Crippen LogP contribution < -0.4 is 10.9 Å². The van der Waals surface area contributed by atoms with Crippen molar-refractivity contribution in [1.29, 1.82) is 0 Å². The molecule has 0 aliphatic rings. The summed E-state index contributed by atoms with van der Waals surface area (Å²) in [4.78, 5) is 27.4. The molecule has 0 radical (unpaired) electrons. The minimum atomic E-state index is -0.143. The number of H-pyrrole nitrogens is 1. The SMILES string of the molecule is CCCNC(=O)c1ccc2c(=O)n(CCC)c(=S)[nH]c2c1. The predicted molar refractivity (Wildman–Crippen MR) is 86.3 cm³/mol. The number of carbonyl (C=O) groups is 1. The largest absolute Gasteiger partial charge is 0.352 e. The van der Waals surface area contributed by atoms with Crippen LogP contribution in [0, 0.1) is 4.77 Å². The third-order valence-electron chi connectivity index (χ3n) is 3.23. The normalized spacial score (nSPS) is 10.8. The highest BCUT2D eigenvalue weighted by molar-refractivity contribution is 7.71. The molecular weight excluding hydrogens is 286 g/mol. The molecule has 0 unspecified atom stereocenters. The summed E-state index contributed by atoms with van der Waals surface area (Å²) in [6, 6.07) is 5.02. The maximum Gasteiger partial charge on any atom is 0.262 e. The topological polar surface area (TPSA) is 66.9 Å². The molecule has 0 bridgehead atoms. The summed E-state index contributed by atoms with van der Waals surface area (Å²) in [7, 11) is 0. The van der Waals surface area contributed by atoms with Gasteiger partial charge in [-0.1, -0.05) is 13.8 Å². The predicted octanol–water partition coefficient (Wildman–Crippen LogP) is 2.61. The first-order valence-corrected chi connectivity index (χ1v) is 7.54. The molecule has 0 saturated carbocycles. The Hall–Kier alpha value is -1.95. The van der Waals surface area contributed by atoms with E-state index in [9.17, 15) is 9.59 Å². The van der Waals surface area contributed by atoms with Crippen molar-refractivity contribution >= 4 is 29.0 Å². The molecule has 6 heteroatoms. The van der Waals surface area contributed by atoms with Crippen LogP contribution in [-0.2, 0) is 6.54 Å². The number of nitrogens with one attached hydrogen (secondary N) is 2. The fourth-order valence-corrected chi connectivity index (χ4v) is 2.45. The minimum Gasteiger partial charge on any atom is -0.352 e. The zero-order chi connectivity index (χ0) is 15.4. The van der Waals surface area contributed by atoms with Gasteiger partial charge in [0.2, 0.25) is 0 Å². The highest BCUT2D eigenvalue weighted by Gasteiger charge is 2.09.